The predicted molar refractivity (Wildman–Crippen MR) is 104 cm³/mol. The van der Waals surface area contributed by atoms with Crippen LogP contribution >= 0.6 is 0 Å². The summed E-state index contributed by atoms with van der Waals surface area (Å²) in [6.07, 6.45) is 6.40. The molecule has 0 saturated carbocycles. The van der Waals surface area contributed by atoms with Crippen molar-refractivity contribution in [3.8, 4) is 11.1 Å². The van der Waals surface area contributed by atoms with Crippen molar-refractivity contribution in [3.05, 3.63) is 59.7 Å². The minimum Gasteiger partial charge on any atom is -0.373 e. The largest absolute Gasteiger partial charge is 0.373 e. The first kappa shape index (κ1) is 18.2. The Hall–Kier alpha value is -1.64. The number of ether oxygens (including phenoxy) is 2. The van der Waals surface area contributed by atoms with Crippen molar-refractivity contribution in [1.82, 2.24) is 0 Å². The topological polar surface area (TPSA) is 18.5 Å². The van der Waals surface area contributed by atoms with E-state index in [1.54, 1.807) is 0 Å². The maximum atomic E-state index is 5.95. The molecular weight excluding hydrogens is 308 g/mol. The van der Waals surface area contributed by atoms with Gasteiger partial charge in [-0.1, -0.05) is 75.2 Å². The Morgan fingerprint density at radius 3 is 2.04 bits per heavy atom. The van der Waals surface area contributed by atoms with Gasteiger partial charge in [0.25, 0.3) is 0 Å². The molecule has 1 saturated heterocycles. The Labute approximate surface area is 152 Å². The molecule has 1 heterocycles. The maximum absolute atomic E-state index is 5.95. The van der Waals surface area contributed by atoms with E-state index >= 15 is 0 Å². The van der Waals surface area contributed by atoms with Crippen molar-refractivity contribution in [3.63, 3.8) is 0 Å². The minimum atomic E-state index is 0.0674. The lowest BCUT2D eigenvalue weighted by Crippen LogP contribution is -2.30. The smallest absolute Gasteiger partial charge is 0.106 e. The van der Waals surface area contributed by atoms with Crippen LogP contribution in [0.3, 0.4) is 0 Å². The monoisotopic (exact) mass is 338 g/mol. The molecule has 0 spiro atoms. The van der Waals surface area contributed by atoms with Gasteiger partial charge in [0, 0.05) is 0 Å². The van der Waals surface area contributed by atoms with Gasteiger partial charge in [0.05, 0.1) is 19.3 Å². The Balaban J connectivity index is 1.60. The van der Waals surface area contributed by atoms with E-state index in [9.17, 15) is 0 Å². The quantitative estimate of drug-likeness (QED) is 0.581. The highest BCUT2D eigenvalue weighted by molar-refractivity contribution is 5.64. The molecule has 0 radical (unpaired) electrons. The molecule has 2 heteroatoms. The lowest BCUT2D eigenvalue weighted by Gasteiger charge is -2.29. The van der Waals surface area contributed by atoms with E-state index in [2.05, 4.69) is 62.4 Å². The van der Waals surface area contributed by atoms with Gasteiger partial charge in [0.15, 0.2) is 0 Å². The van der Waals surface area contributed by atoms with E-state index in [0.29, 0.717) is 13.2 Å². The van der Waals surface area contributed by atoms with Crippen LogP contribution in [0.15, 0.2) is 48.5 Å². The third-order valence-electron chi connectivity index (χ3n) is 5.06. The highest BCUT2D eigenvalue weighted by Crippen LogP contribution is 2.27. The van der Waals surface area contributed by atoms with Gasteiger partial charge in [-0.3, -0.25) is 0 Å². The van der Waals surface area contributed by atoms with Gasteiger partial charge in [-0.2, -0.15) is 0 Å². The predicted octanol–water partition coefficient (Wildman–Crippen LogP) is 5.95. The second-order valence-corrected chi connectivity index (χ2v) is 6.96. The Bertz CT molecular complexity index is 622. The summed E-state index contributed by atoms with van der Waals surface area (Å²) in [7, 11) is 0. The van der Waals surface area contributed by atoms with Crippen LogP contribution in [0.5, 0.6) is 0 Å². The van der Waals surface area contributed by atoms with Crippen LogP contribution in [0.25, 0.3) is 11.1 Å². The second kappa shape index (κ2) is 9.17. The van der Waals surface area contributed by atoms with E-state index < -0.39 is 0 Å². The molecule has 2 nitrogen and oxygen atoms in total. The van der Waals surface area contributed by atoms with Crippen molar-refractivity contribution < 1.29 is 9.47 Å². The van der Waals surface area contributed by atoms with Crippen LogP contribution in [0.4, 0.5) is 0 Å². The first-order valence-corrected chi connectivity index (χ1v) is 9.72. The number of rotatable bonds is 7. The molecule has 0 aromatic heterocycles. The molecule has 0 N–H and O–H groups in total. The molecule has 1 aliphatic rings. The van der Waals surface area contributed by atoms with Gasteiger partial charge in [-0.15, -0.1) is 0 Å². The third-order valence-corrected chi connectivity index (χ3v) is 5.06. The zero-order valence-corrected chi connectivity index (χ0v) is 15.5. The van der Waals surface area contributed by atoms with E-state index in [4.69, 9.17) is 9.47 Å². The van der Waals surface area contributed by atoms with Crippen LogP contribution in [0, 0.1) is 0 Å². The van der Waals surface area contributed by atoms with Crippen molar-refractivity contribution in [2.75, 3.05) is 13.2 Å². The number of aryl methyl sites for hydroxylation is 1. The number of hydrogen-bond donors (Lipinski definition) is 0. The fraction of sp³-hybridized carbons (Fsp3) is 0.478. The summed E-state index contributed by atoms with van der Waals surface area (Å²) >= 11 is 0. The van der Waals surface area contributed by atoms with Crippen LogP contribution in [0.2, 0.25) is 0 Å². The lowest BCUT2D eigenvalue weighted by molar-refractivity contribution is -0.135. The molecule has 2 atom stereocenters. The Morgan fingerprint density at radius 2 is 1.48 bits per heavy atom. The zero-order chi connectivity index (χ0) is 17.5. The SMILES string of the molecule is CCCCCc1ccc(-c2ccc([C@@H]3CO[C@@H](CC)CO3)cc2)cc1. The summed E-state index contributed by atoms with van der Waals surface area (Å²) in [5, 5.41) is 0. The summed E-state index contributed by atoms with van der Waals surface area (Å²) in [5.74, 6) is 0. The van der Waals surface area contributed by atoms with Crippen molar-refractivity contribution in [2.24, 2.45) is 0 Å². The zero-order valence-electron chi connectivity index (χ0n) is 15.5. The second-order valence-electron chi connectivity index (χ2n) is 6.96. The summed E-state index contributed by atoms with van der Waals surface area (Å²) in [4.78, 5) is 0. The molecule has 0 bridgehead atoms. The molecule has 2 aromatic carbocycles. The summed E-state index contributed by atoms with van der Waals surface area (Å²) in [6.45, 7) is 5.74. The van der Waals surface area contributed by atoms with E-state index in [0.717, 1.165) is 6.42 Å². The van der Waals surface area contributed by atoms with Gasteiger partial charge in [0.1, 0.15) is 6.10 Å². The van der Waals surface area contributed by atoms with Gasteiger partial charge < -0.3 is 9.47 Å². The van der Waals surface area contributed by atoms with E-state index in [1.165, 1.54) is 47.9 Å². The fourth-order valence-electron chi connectivity index (χ4n) is 3.30. The van der Waals surface area contributed by atoms with Crippen LogP contribution in [0.1, 0.15) is 56.8 Å². The Kier molecular flexibility index (Phi) is 6.66. The van der Waals surface area contributed by atoms with Crippen LogP contribution in [-0.2, 0) is 15.9 Å². The summed E-state index contributed by atoms with van der Waals surface area (Å²) in [5.41, 5.74) is 5.17. The minimum absolute atomic E-state index is 0.0674. The van der Waals surface area contributed by atoms with Gasteiger partial charge >= 0.3 is 0 Å². The number of benzene rings is 2. The summed E-state index contributed by atoms with van der Waals surface area (Å²) in [6, 6.07) is 17.7. The van der Waals surface area contributed by atoms with Gasteiger partial charge in [0.2, 0.25) is 0 Å². The third kappa shape index (κ3) is 4.93. The highest BCUT2D eigenvalue weighted by Gasteiger charge is 2.22. The molecule has 3 rings (SSSR count). The van der Waals surface area contributed by atoms with E-state index in [-0.39, 0.29) is 12.2 Å². The molecular formula is C23H30O2. The standard InChI is InChI=1S/C23H30O2/c1-3-5-6-7-18-8-10-19(11-9-18)20-12-14-21(15-13-20)23-17-24-22(4-2)16-25-23/h8-15,22-23H,3-7,16-17H2,1-2H3/t22-,23-/m0/s1. The molecule has 0 amide bonds. The molecule has 2 aromatic rings. The molecule has 1 aliphatic heterocycles. The van der Waals surface area contributed by atoms with Crippen molar-refractivity contribution >= 4 is 0 Å². The van der Waals surface area contributed by atoms with Gasteiger partial charge in [-0.05, 0) is 41.5 Å². The average Bonchev–Trinajstić information content (AvgIpc) is 2.69. The summed E-state index contributed by atoms with van der Waals surface area (Å²) < 4.78 is 11.8. The molecule has 1 fully saturated rings. The first-order valence-electron chi connectivity index (χ1n) is 9.72. The van der Waals surface area contributed by atoms with Crippen LogP contribution < -0.4 is 0 Å². The van der Waals surface area contributed by atoms with Crippen LogP contribution in [-0.4, -0.2) is 19.3 Å². The molecule has 0 aliphatic carbocycles. The first-order chi connectivity index (χ1) is 12.3. The van der Waals surface area contributed by atoms with E-state index in [1.807, 2.05) is 0 Å². The number of unbranched alkanes of at least 4 members (excludes halogenated alkanes) is 2. The van der Waals surface area contributed by atoms with Crippen molar-refractivity contribution in [1.29, 1.82) is 0 Å². The molecule has 134 valence electrons. The Morgan fingerprint density at radius 1 is 0.800 bits per heavy atom. The number of hydrogen-bond acceptors (Lipinski definition) is 2. The molecule has 0 unspecified atom stereocenters. The normalized spacial score (nSPS) is 20.6. The molecule has 25 heavy (non-hydrogen) atoms. The van der Waals surface area contributed by atoms with Gasteiger partial charge in [-0.25, -0.2) is 0 Å². The average molecular weight is 338 g/mol. The maximum Gasteiger partial charge on any atom is 0.106 e. The van der Waals surface area contributed by atoms with Crippen molar-refractivity contribution in [2.45, 2.75) is 58.2 Å². The fourth-order valence-corrected chi connectivity index (χ4v) is 3.30. The lowest BCUT2D eigenvalue weighted by atomic mass is 9.99. The highest BCUT2D eigenvalue weighted by atomic mass is 16.6.